The number of carbonyl (C=O) groups excluding carboxylic acids is 1. The third-order valence-corrected chi connectivity index (χ3v) is 10.3. The molecule has 4 N–H and O–H groups in total. The van der Waals surface area contributed by atoms with Crippen LogP contribution in [0.15, 0.2) is 54.6 Å². The van der Waals surface area contributed by atoms with Gasteiger partial charge in [0.1, 0.15) is 35.6 Å². The summed E-state index contributed by atoms with van der Waals surface area (Å²) >= 11 is 0. The van der Waals surface area contributed by atoms with E-state index in [-0.39, 0.29) is 36.0 Å². The number of aromatic nitrogens is 1. The van der Waals surface area contributed by atoms with Crippen LogP contribution >= 0.6 is 0 Å². The molecule has 3 aromatic rings. The topological polar surface area (TPSA) is 133 Å². The van der Waals surface area contributed by atoms with Gasteiger partial charge in [-0.05, 0) is 55.9 Å². The van der Waals surface area contributed by atoms with Crippen molar-refractivity contribution < 1.29 is 45.0 Å². The number of aliphatic hydroxyl groups is 1. The Kier molecular flexibility index (Phi) is 12.1. The summed E-state index contributed by atoms with van der Waals surface area (Å²) in [7, 11) is -2.50. The lowest BCUT2D eigenvalue weighted by Crippen LogP contribution is -2.50. The first-order valence-electron chi connectivity index (χ1n) is 15.6. The standard InChI is InChI=1S/C33H40F5N5O5S/c1-19(2)49(46,47)43(4)31-11-22(10-30(42-31)40-16-23-8-20(23)3)32(45)41-28(18-48-27-13-25(34)12-26(35)14-27)29(44)17-39-15-21-6-5-7-24(9-21)33(36,37)38/h5-7,9-14,19-20,23,28-29,39,44H,8,15-18H2,1-4H3,(H,40,42)(H,41,45). The molecule has 1 aliphatic rings. The van der Waals surface area contributed by atoms with E-state index in [0.29, 0.717) is 30.0 Å². The molecule has 0 saturated heterocycles. The molecule has 4 unspecified atom stereocenters. The Labute approximate surface area is 282 Å². The number of aliphatic hydroxyl groups excluding tert-OH is 1. The monoisotopic (exact) mass is 713 g/mol. The largest absolute Gasteiger partial charge is 0.491 e. The second-order valence-corrected chi connectivity index (χ2v) is 14.9. The molecule has 1 saturated carbocycles. The molecule has 268 valence electrons. The van der Waals surface area contributed by atoms with E-state index in [4.69, 9.17) is 4.74 Å². The number of hydrogen-bond acceptors (Lipinski definition) is 8. The van der Waals surface area contributed by atoms with Crippen molar-refractivity contribution in [3.05, 3.63) is 82.9 Å². The van der Waals surface area contributed by atoms with Crippen molar-refractivity contribution in [3.63, 3.8) is 0 Å². The van der Waals surface area contributed by atoms with E-state index in [0.717, 1.165) is 35.0 Å². The van der Waals surface area contributed by atoms with Crippen LogP contribution in [-0.2, 0) is 22.7 Å². The van der Waals surface area contributed by atoms with Crippen LogP contribution in [0.3, 0.4) is 0 Å². The van der Waals surface area contributed by atoms with E-state index >= 15 is 0 Å². The maximum Gasteiger partial charge on any atom is 0.416 e. The summed E-state index contributed by atoms with van der Waals surface area (Å²) in [6.07, 6.45) is -4.93. The molecule has 4 rings (SSSR count). The molecular formula is C33H40F5N5O5S. The van der Waals surface area contributed by atoms with Gasteiger partial charge in [0.2, 0.25) is 10.0 Å². The van der Waals surface area contributed by atoms with Gasteiger partial charge in [0.05, 0.1) is 23.0 Å². The van der Waals surface area contributed by atoms with Crippen LogP contribution in [0.1, 0.15) is 48.7 Å². The number of alkyl halides is 3. The van der Waals surface area contributed by atoms with Crippen molar-refractivity contribution in [2.75, 3.05) is 36.4 Å². The van der Waals surface area contributed by atoms with Gasteiger partial charge in [-0.1, -0.05) is 25.1 Å². The fourth-order valence-electron chi connectivity index (χ4n) is 4.93. The van der Waals surface area contributed by atoms with Gasteiger partial charge in [-0.15, -0.1) is 0 Å². The molecule has 16 heteroatoms. The van der Waals surface area contributed by atoms with Gasteiger partial charge in [-0.3, -0.25) is 9.10 Å². The number of halogens is 5. The van der Waals surface area contributed by atoms with E-state index in [1.807, 2.05) is 0 Å². The molecule has 4 atom stereocenters. The van der Waals surface area contributed by atoms with Crippen molar-refractivity contribution in [3.8, 4) is 5.75 Å². The first-order chi connectivity index (χ1) is 22.9. The number of pyridine rings is 1. The van der Waals surface area contributed by atoms with E-state index in [9.17, 15) is 40.3 Å². The minimum Gasteiger partial charge on any atom is -0.491 e. The van der Waals surface area contributed by atoms with Crippen LogP contribution in [0.2, 0.25) is 0 Å². The van der Waals surface area contributed by atoms with Gasteiger partial charge in [0, 0.05) is 50.4 Å². The molecule has 49 heavy (non-hydrogen) atoms. The zero-order chi connectivity index (χ0) is 36.1. The Hall–Kier alpha value is -4.02. The molecule has 10 nitrogen and oxygen atoms in total. The van der Waals surface area contributed by atoms with Crippen molar-refractivity contribution >= 4 is 27.6 Å². The minimum atomic E-state index is -4.54. The lowest BCUT2D eigenvalue weighted by atomic mass is 10.1. The average molecular weight is 714 g/mol. The number of benzene rings is 2. The summed E-state index contributed by atoms with van der Waals surface area (Å²) in [5, 5.41) is 19.0. The smallest absolute Gasteiger partial charge is 0.416 e. The Morgan fingerprint density at radius 2 is 1.78 bits per heavy atom. The zero-order valence-corrected chi connectivity index (χ0v) is 28.2. The molecule has 1 fully saturated rings. The van der Waals surface area contributed by atoms with Gasteiger partial charge < -0.3 is 25.8 Å². The number of hydrogen-bond donors (Lipinski definition) is 4. The first kappa shape index (κ1) is 37.8. The second kappa shape index (κ2) is 15.7. The van der Waals surface area contributed by atoms with Crippen LogP contribution in [0, 0.1) is 23.5 Å². The normalized spacial score (nSPS) is 17.4. The molecule has 1 amide bonds. The van der Waals surface area contributed by atoms with Gasteiger partial charge >= 0.3 is 6.18 Å². The Bertz CT molecular complexity index is 1710. The summed E-state index contributed by atoms with van der Waals surface area (Å²) in [5.41, 5.74) is -0.551. The molecule has 1 aliphatic carbocycles. The van der Waals surface area contributed by atoms with Crippen molar-refractivity contribution in [1.29, 1.82) is 0 Å². The Morgan fingerprint density at radius 1 is 1.10 bits per heavy atom. The van der Waals surface area contributed by atoms with Crippen molar-refractivity contribution in [2.24, 2.45) is 11.8 Å². The molecule has 1 heterocycles. The number of nitrogens with one attached hydrogen (secondary N) is 3. The Balaban J connectivity index is 1.56. The maximum absolute atomic E-state index is 13.8. The van der Waals surface area contributed by atoms with Crippen LogP contribution in [0.5, 0.6) is 5.75 Å². The number of sulfonamides is 1. The summed E-state index contributed by atoms with van der Waals surface area (Å²) in [6.45, 7) is 4.91. The van der Waals surface area contributed by atoms with Crippen LogP contribution in [-0.4, -0.2) is 68.6 Å². The summed E-state index contributed by atoms with van der Waals surface area (Å²) in [5.74, 6) is -1.66. The summed E-state index contributed by atoms with van der Waals surface area (Å²) < 4.78 is 99.4. The highest BCUT2D eigenvalue weighted by atomic mass is 32.2. The zero-order valence-electron chi connectivity index (χ0n) is 27.4. The quantitative estimate of drug-likeness (QED) is 0.154. The van der Waals surface area contributed by atoms with Crippen molar-refractivity contribution in [1.82, 2.24) is 15.6 Å². The van der Waals surface area contributed by atoms with Gasteiger partial charge in [0.15, 0.2) is 0 Å². The molecular weight excluding hydrogens is 673 g/mol. The van der Waals surface area contributed by atoms with E-state index in [1.165, 1.54) is 45.2 Å². The highest BCUT2D eigenvalue weighted by Gasteiger charge is 2.33. The fraction of sp³-hybridized carbons (Fsp3) is 0.455. The predicted octanol–water partition coefficient (Wildman–Crippen LogP) is 4.95. The highest BCUT2D eigenvalue weighted by molar-refractivity contribution is 7.93. The van der Waals surface area contributed by atoms with Crippen LogP contribution in [0.25, 0.3) is 0 Å². The van der Waals surface area contributed by atoms with E-state index in [2.05, 4.69) is 27.9 Å². The fourth-order valence-corrected chi connectivity index (χ4v) is 5.91. The highest BCUT2D eigenvalue weighted by Crippen LogP contribution is 2.37. The lowest BCUT2D eigenvalue weighted by Gasteiger charge is -2.26. The predicted molar refractivity (Wildman–Crippen MR) is 175 cm³/mol. The minimum absolute atomic E-state index is 0.00641. The number of ether oxygens (including phenoxy) is 1. The number of anilines is 2. The molecule has 0 radical (unpaired) electrons. The SMILES string of the molecule is CC1CC1CNc1cc(C(=O)NC(COc2cc(F)cc(F)c2)C(O)CNCc2cccc(C(F)(F)F)c2)cc(N(C)S(=O)(=O)C(C)C)n1. The molecule has 0 aliphatic heterocycles. The summed E-state index contributed by atoms with van der Waals surface area (Å²) in [4.78, 5) is 18.1. The third kappa shape index (κ3) is 10.5. The summed E-state index contributed by atoms with van der Waals surface area (Å²) in [6, 6.07) is 8.60. The van der Waals surface area contributed by atoms with E-state index < -0.39 is 63.3 Å². The first-order valence-corrected chi connectivity index (χ1v) is 17.1. The number of nitrogens with zero attached hydrogens (tertiary/aromatic N) is 2. The number of carbonyl (C=O) groups is 1. The maximum atomic E-state index is 13.8. The van der Waals surface area contributed by atoms with Crippen LogP contribution in [0.4, 0.5) is 33.6 Å². The molecule has 2 aromatic carbocycles. The molecule has 1 aromatic heterocycles. The number of rotatable bonds is 16. The van der Waals surface area contributed by atoms with E-state index in [1.54, 1.807) is 0 Å². The van der Waals surface area contributed by atoms with Gasteiger partial charge in [-0.25, -0.2) is 22.2 Å². The molecule has 0 spiro atoms. The van der Waals surface area contributed by atoms with Crippen LogP contribution < -0.4 is 25.0 Å². The lowest BCUT2D eigenvalue weighted by molar-refractivity contribution is -0.137. The molecule has 0 bridgehead atoms. The number of amides is 1. The van der Waals surface area contributed by atoms with Gasteiger partial charge in [-0.2, -0.15) is 13.2 Å². The van der Waals surface area contributed by atoms with Crippen molar-refractivity contribution in [2.45, 2.75) is 57.3 Å². The van der Waals surface area contributed by atoms with Gasteiger partial charge in [0.25, 0.3) is 5.91 Å². The second-order valence-electron chi connectivity index (χ2n) is 12.4. The third-order valence-electron chi connectivity index (χ3n) is 8.18. The Morgan fingerprint density at radius 3 is 2.39 bits per heavy atom. The average Bonchev–Trinajstić information content (AvgIpc) is 3.75.